The number of nitrogens with one attached hydrogen (secondary N) is 2. The van der Waals surface area contributed by atoms with Crippen LogP contribution in [0.2, 0.25) is 0 Å². The molecule has 0 saturated carbocycles. The third-order valence-corrected chi connectivity index (χ3v) is 4.57. The molecule has 2 atom stereocenters. The van der Waals surface area contributed by atoms with Crippen molar-refractivity contribution >= 4 is 11.8 Å². The first-order chi connectivity index (χ1) is 13.6. The molecule has 1 aliphatic rings. The highest BCUT2D eigenvalue weighted by molar-refractivity contribution is 5.95. The fourth-order valence-corrected chi connectivity index (χ4v) is 2.98. The Hall–Kier alpha value is -2.85. The second kappa shape index (κ2) is 9.38. The zero-order valence-electron chi connectivity index (χ0n) is 15.2. The zero-order valence-corrected chi connectivity index (χ0v) is 15.2. The predicted molar refractivity (Wildman–Crippen MR) is 101 cm³/mol. The molecule has 0 bridgehead atoms. The van der Waals surface area contributed by atoms with Crippen LogP contribution in [0.15, 0.2) is 48.8 Å². The Morgan fingerprint density at radius 3 is 2.75 bits per heavy atom. The summed E-state index contributed by atoms with van der Waals surface area (Å²) in [6.07, 6.45) is 2.42. The van der Waals surface area contributed by atoms with E-state index in [9.17, 15) is 9.59 Å². The van der Waals surface area contributed by atoms with Crippen LogP contribution in [0.5, 0.6) is 0 Å². The van der Waals surface area contributed by atoms with Crippen molar-refractivity contribution in [3.63, 3.8) is 0 Å². The summed E-state index contributed by atoms with van der Waals surface area (Å²) >= 11 is 0. The molecule has 3 rings (SSSR count). The van der Waals surface area contributed by atoms with Gasteiger partial charge in [-0.3, -0.25) is 14.6 Å². The number of nitrogens with zero attached hydrogens (tertiary/aromatic N) is 2. The van der Waals surface area contributed by atoms with Crippen LogP contribution in [-0.4, -0.2) is 59.3 Å². The average molecular weight is 385 g/mol. The van der Waals surface area contributed by atoms with E-state index in [1.165, 1.54) is 6.20 Å². The highest BCUT2D eigenvalue weighted by Crippen LogP contribution is 2.13. The van der Waals surface area contributed by atoms with Crippen molar-refractivity contribution in [2.45, 2.75) is 12.2 Å². The molecule has 2 heterocycles. The average Bonchev–Trinajstić information content (AvgIpc) is 2.77. The molecule has 0 spiro atoms. The van der Waals surface area contributed by atoms with Crippen LogP contribution >= 0.6 is 0 Å². The highest BCUT2D eigenvalue weighted by Gasteiger charge is 2.28. The molecule has 2 aromatic rings. The first-order valence-electron chi connectivity index (χ1n) is 8.92. The van der Waals surface area contributed by atoms with Gasteiger partial charge in [0.1, 0.15) is 6.17 Å². The lowest BCUT2D eigenvalue weighted by molar-refractivity contribution is -0.00132. The van der Waals surface area contributed by atoms with Gasteiger partial charge in [0.25, 0.3) is 11.8 Å². The number of benzene rings is 1. The summed E-state index contributed by atoms with van der Waals surface area (Å²) in [5, 5.41) is 11.7. The molecule has 148 valence electrons. The summed E-state index contributed by atoms with van der Waals surface area (Å²) in [5.41, 5.74) is 9.20. The normalized spacial score (nSPS) is 17.8. The standard InChI is InChI=1S/C19H23N5O4/c20-17(23-27)13-3-5-14(6-4-13)18(25)22-11-16-12-28-9-8-24(16)19(26)15-2-1-7-21-10-15/h1-7,10,16-17,23,27H,8-9,11-12,20H2,(H,22,25). The Kier molecular flexibility index (Phi) is 6.66. The van der Waals surface area contributed by atoms with Gasteiger partial charge in [-0.05, 0) is 29.8 Å². The number of hydroxylamine groups is 1. The molecule has 28 heavy (non-hydrogen) atoms. The molecule has 0 aliphatic carbocycles. The number of hydrogen-bond acceptors (Lipinski definition) is 7. The van der Waals surface area contributed by atoms with Crippen molar-refractivity contribution in [1.29, 1.82) is 0 Å². The summed E-state index contributed by atoms with van der Waals surface area (Å²) < 4.78 is 5.49. The Labute approximate surface area is 162 Å². The van der Waals surface area contributed by atoms with Crippen LogP contribution in [0.25, 0.3) is 0 Å². The topological polar surface area (TPSA) is 130 Å². The molecule has 1 aliphatic heterocycles. The number of aromatic nitrogens is 1. The van der Waals surface area contributed by atoms with Crippen molar-refractivity contribution in [2.24, 2.45) is 5.73 Å². The van der Waals surface area contributed by atoms with Gasteiger partial charge in [0.2, 0.25) is 0 Å². The quantitative estimate of drug-likeness (QED) is 0.415. The van der Waals surface area contributed by atoms with Gasteiger partial charge in [-0.25, -0.2) is 0 Å². The van der Waals surface area contributed by atoms with E-state index >= 15 is 0 Å². The van der Waals surface area contributed by atoms with Crippen molar-refractivity contribution in [1.82, 2.24) is 20.7 Å². The van der Waals surface area contributed by atoms with Gasteiger partial charge in [0, 0.05) is 31.0 Å². The molecule has 1 aromatic heterocycles. The third kappa shape index (κ3) is 4.70. The van der Waals surface area contributed by atoms with Crippen LogP contribution in [0.4, 0.5) is 0 Å². The number of pyridine rings is 1. The monoisotopic (exact) mass is 385 g/mol. The first kappa shape index (κ1) is 19.9. The van der Waals surface area contributed by atoms with Gasteiger partial charge in [0.05, 0.1) is 24.8 Å². The van der Waals surface area contributed by atoms with Crippen molar-refractivity contribution in [3.05, 3.63) is 65.5 Å². The lowest BCUT2D eigenvalue weighted by atomic mass is 10.1. The van der Waals surface area contributed by atoms with E-state index in [-0.39, 0.29) is 24.4 Å². The maximum Gasteiger partial charge on any atom is 0.255 e. The minimum Gasteiger partial charge on any atom is -0.377 e. The van der Waals surface area contributed by atoms with Gasteiger partial charge in [-0.2, -0.15) is 5.48 Å². The van der Waals surface area contributed by atoms with E-state index in [4.69, 9.17) is 15.7 Å². The summed E-state index contributed by atoms with van der Waals surface area (Å²) in [7, 11) is 0. The molecule has 2 amide bonds. The summed E-state index contributed by atoms with van der Waals surface area (Å²) in [6, 6.07) is 9.72. The molecule has 9 nitrogen and oxygen atoms in total. The smallest absolute Gasteiger partial charge is 0.255 e. The largest absolute Gasteiger partial charge is 0.377 e. The summed E-state index contributed by atoms with van der Waals surface area (Å²) in [4.78, 5) is 30.8. The second-order valence-corrected chi connectivity index (χ2v) is 6.41. The van der Waals surface area contributed by atoms with Gasteiger partial charge in [-0.1, -0.05) is 12.1 Å². The third-order valence-electron chi connectivity index (χ3n) is 4.57. The second-order valence-electron chi connectivity index (χ2n) is 6.41. The number of rotatable bonds is 6. The number of morpholine rings is 1. The van der Waals surface area contributed by atoms with Crippen molar-refractivity contribution < 1.29 is 19.5 Å². The first-order valence-corrected chi connectivity index (χ1v) is 8.92. The lowest BCUT2D eigenvalue weighted by Gasteiger charge is -2.35. The maximum atomic E-state index is 12.7. The number of ether oxygens (including phenoxy) is 1. The molecule has 1 aromatic carbocycles. The molecule has 5 N–H and O–H groups in total. The van der Waals surface area contributed by atoms with Crippen molar-refractivity contribution in [3.8, 4) is 0 Å². The van der Waals surface area contributed by atoms with Crippen molar-refractivity contribution in [2.75, 3.05) is 26.3 Å². The number of amides is 2. The fraction of sp³-hybridized carbons (Fsp3) is 0.316. The van der Waals surface area contributed by atoms with E-state index in [1.54, 1.807) is 47.5 Å². The van der Waals surface area contributed by atoms with Gasteiger partial charge in [0.15, 0.2) is 0 Å². The maximum absolute atomic E-state index is 12.7. The predicted octanol–water partition coefficient (Wildman–Crippen LogP) is 0.289. The van der Waals surface area contributed by atoms with Gasteiger partial charge >= 0.3 is 0 Å². The SMILES string of the molecule is NC(NO)c1ccc(C(=O)NCC2COCCN2C(=O)c2cccnc2)cc1. The van der Waals surface area contributed by atoms with E-state index < -0.39 is 6.17 Å². The van der Waals surface area contributed by atoms with Crippen LogP contribution < -0.4 is 16.5 Å². The highest BCUT2D eigenvalue weighted by atomic mass is 16.5. The van der Waals surface area contributed by atoms with Crippen LogP contribution in [0, 0.1) is 0 Å². The fourth-order valence-electron chi connectivity index (χ4n) is 2.98. The van der Waals surface area contributed by atoms with E-state index in [0.29, 0.717) is 36.4 Å². The Morgan fingerprint density at radius 1 is 1.29 bits per heavy atom. The number of carbonyl (C=O) groups excluding carboxylic acids is 2. The molecule has 1 saturated heterocycles. The lowest BCUT2D eigenvalue weighted by Crippen LogP contribution is -2.53. The molecular weight excluding hydrogens is 362 g/mol. The number of nitrogens with two attached hydrogens (primary N) is 1. The number of carbonyl (C=O) groups is 2. The minimum absolute atomic E-state index is 0.134. The molecular formula is C19H23N5O4. The van der Waals surface area contributed by atoms with Crippen LogP contribution in [0.3, 0.4) is 0 Å². The Balaban J connectivity index is 1.61. The van der Waals surface area contributed by atoms with Crippen LogP contribution in [-0.2, 0) is 4.74 Å². The number of hydrogen-bond donors (Lipinski definition) is 4. The van der Waals surface area contributed by atoms with E-state index in [1.807, 2.05) is 5.48 Å². The molecule has 9 heteroatoms. The van der Waals surface area contributed by atoms with Crippen LogP contribution in [0.1, 0.15) is 32.4 Å². The molecule has 2 unspecified atom stereocenters. The Morgan fingerprint density at radius 2 is 2.07 bits per heavy atom. The molecule has 0 radical (unpaired) electrons. The van der Waals surface area contributed by atoms with E-state index in [2.05, 4.69) is 10.3 Å². The summed E-state index contributed by atoms with van der Waals surface area (Å²) in [5.74, 6) is -0.401. The Bertz CT molecular complexity index is 800. The zero-order chi connectivity index (χ0) is 19.9. The summed E-state index contributed by atoms with van der Waals surface area (Å²) in [6.45, 7) is 1.53. The van der Waals surface area contributed by atoms with Gasteiger partial charge in [-0.15, -0.1) is 0 Å². The molecule has 1 fully saturated rings. The van der Waals surface area contributed by atoms with E-state index in [0.717, 1.165) is 0 Å². The minimum atomic E-state index is -0.719. The van der Waals surface area contributed by atoms with Gasteiger partial charge < -0.3 is 25.9 Å².